The van der Waals surface area contributed by atoms with Crippen molar-refractivity contribution in [3.63, 3.8) is 0 Å². The Morgan fingerprint density at radius 2 is 2.12 bits per heavy atom. The van der Waals surface area contributed by atoms with Crippen LogP contribution < -0.4 is 0 Å². The van der Waals surface area contributed by atoms with E-state index >= 15 is 0 Å². The quantitative estimate of drug-likeness (QED) is 0.719. The number of hydrogen-bond donors (Lipinski definition) is 0. The summed E-state index contributed by atoms with van der Waals surface area (Å²) in [7, 11) is 0. The number of fused-ring (bicyclic) bond motifs is 1. The monoisotopic (exact) mass is 231 g/mol. The molecule has 0 N–H and O–H groups in total. The molecule has 16 heavy (non-hydrogen) atoms. The highest BCUT2D eigenvalue weighted by atomic mass is 35.5. The summed E-state index contributed by atoms with van der Waals surface area (Å²) in [4.78, 5) is 4.27. The van der Waals surface area contributed by atoms with Crippen LogP contribution in [0.25, 0.3) is 16.3 Å². The summed E-state index contributed by atoms with van der Waals surface area (Å²) in [5.41, 5.74) is 2.44. The van der Waals surface area contributed by atoms with E-state index in [1.165, 1.54) is 21.9 Å². The highest BCUT2D eigenvalue weighted by Gasteiger charge is 2.02. The maximum Gasteiger partial charge on any atom is 0.0349 e. The minimum atomic E-state index is 0.662. The molecule has 1 aromatic heterocycles. The zero-order chi connectivity index (χ0) is 11.4. The van der Waals surface area contributed by atoms with Gasteiger partial charge in [0, 0.05) is 29.2 Å². The molecule has 2 aromatic rings. The van der Waals surface area contributed by atoms with Crippen LogP contribution in [-0.2, 0) is 0 Å². The van der Waals surface area contributed by atoms with Crippen molar-refractivity contribution in [3.8, 4) is 0 Å². The summed E-state index contributed by atoms with van der Waals surface area (Å²) in [5.74, 6) is 0.662. The van der Waals surface area contributed by atoms with Crippen LogP contribution >= 0.6 is 11.6 Å². The van der Waals surface area contributed by atoms with Crippen molar-refractivity contribution in [1.29, 1.82) is 0 Å². The Hall–Kier alpha value is -1.34. The smallest absolute Gasteiger partial charge is 0.0349 e. The van der Waals surface area contributed by atoms with Gasteiger partial charge in [-0.2, -0.15) is 0 Å². The number of nitrogens with zero attached hydrogens (tertiary/aromatic N) is 1. The second kappa shape index (κ2) is 5.13. The maximum atomic E-state index is 5.69. The summed E-state index contributed by atoms with van der Waals surface area (Å²) in [6.45, 7) is 2.11. The van der Waals surface area contributed by atoms with Gasteiger partial charge in [0.2, 0.25) is 0 Å². The SMILES string of the molecule is CC(=CCCCl)c1cncc2ccccc12. The summed E-state index contributed by atoms with van der Waals surface area (Å²) < 4.78 is 0. The van der Waals surface area contributed by atoms with Gasteiger partial charge in [-0.3, -0.25) is 4.98 Å². The molecule has 0 aliphatic carbocycles. The topological polar surface area (TPSA) is 12.9 Å². The Kier molecular flexibility index (Phi) is 3.58. The highest BCUT2D eigenvalue weighted by molar-refractivity contribution is 6.18. The molecule has 2 heteroatoms. The van der Waals surface area contributed by atoms with Crippen molar-refractivity contribution in [2.75, 3.05) is 5.88 Å². The van der Waals surface area contributed by atoms with Gasteiger partial charge in [0.25, 0.3) is 0 Å². The Balaban J connectivity index is 2.52. The van der Waals surface area contributed by atoms with Crippen molar-refractivity contribution in [2.24, 2.45) is 0 Å². The minimum Gasteiger partial charge on any atom is -0.263 e. The third kappa shape index (κ3) is 2.25. The molecule has 0 aliphatic rings. The maximum absolute atomic E-state index is 5.69. The van der Waals surface area contributed by atoms with Crippen molar-refractivity contribution in [3.05, 3.63) is 48.3 Å². The van der Waals surface area contributed by atoms with Crippen LogP contribution in [0.3, 0.4) is 0 Å². The van der Waals surface area contributed by atoms with E-state index in [9.17, 15) is 0 Å². The molecule has 0 saturated heterocycles. The van der Waals surface area contributed by atoms with Gasteiger partial charge >= 0.3 is 0 Å². The lowest BCUT2D eigenvalue weighted by Gasteiger charge is -2.05. The van der Waals surface area contributed by atoms with Crippen molar-refractivity contribution in [1.82, 2.24) is 4.98 Å². The van der Waals surface area contributed by atoms with E-state index in [-0.39, 0.29) is 0 Å². The predicted molar refractivity (Wildman–Crippen MR) is 70.7 cm³/mol. The van der Waals surface area contributed by atoms with Gasteiger partial charge in [0.1, 0.15) is 0 Å². The Labute approximate surface area is 101 Å². The molecule has 1 aromatic carbocycles. The molecular weight excluding hydrogens is 218 g/mol. The van der Waals surface area contributed by atoms with E-state index in [0.29, 0.717) is 5.88 Å². The zero-order valence-electron chi connectivity index (χ0n) is 9.28. The molecule has 0 amide bonds. The fourth-order valence-electron chi connectivity index (χ4n) is 1.81. The molecule has 0 atom stereocenters. The van der Waals surface area contributed by atoms with E-state index < -0.39 is 0 Å². The standard InChI is InChI=1S/C14H14ClN/c1-11(5-4-8-15)14-10-16-9-12-6-2-3-7-13(12)14/h2-3,5-7,9-10H,4,8H2,1H3. The van der Waals surface area contributed by atoms with Gasteiger partial charge < -0.3 is 0 Å². The Bertz CT molecular complexity index is 512. The molecule has 0 spiro atoms. The van der Waals surface area contributed by atoms with Gasteiger partial charge in [0.05, 0.1) is 0 Å². The number of allylic oxidation sites excluding steroid dienone is 2. The lowest BCUT2D eigenvalue weighted by Crippen LogP contribution is -1.86. The molecule has 0 fully saturated rings. The lowest BCUT2D eigenvalue weighted by atomic mass is 10.0. The predicted octanol–water partition coefficient (Wildman–Crippen LogP) is 4.27. The van der Waals surface area contributed by atoms with Crippen LogP contribution in [0.2, 0.25) is 0 Å². The molecule has 0 saturated carbocycles. The van der Waals surface area contributed by atoms with Gasteiger partial charge in [-0.15, -0.1) is 11.6 Å². The largest absolute Gasteiger partial charge is 0.263 e. The van der Waals surface area contributed by atoms with E-state index in [2.05, 4.69) is 36.2 Å². The molecule has 2 rings (SSSR count). The molecule has 0 aliphatic heterocycles. The highest BCUT2D eigenvalue weighted by Crippen LogP contribution is 2.23. The van der Waals surface area contributed by atoms with E-state index in [1.807, 2.05) is 18.5 Å². The molecule has 0 radical (unpaired) electrons. The molecule has 1 nitrogen and oxygen atoms in total. The van der Waals surface area contributed by atoms with E-state index in [4.69, 9.17) is 11.6 Å². The van der Waals surface area contributed by atoms with Gasteiger partial charge in [-0.05, 0) is 24.3 Å². The molecule has 82 valence electrons. The first-order valence-electron chi connectivity index (χ1n) is 5.39. The Morgan fingerprint density at radius 1 is 1.31 bits per heavy atom. The number of aromatic nitrogens is 1. The third-order valence-electron chi connectivity index (χ3n) is 2.65. The van der Waals surface area contributed by atoms with Crippen LogP contribution in [0, 0.1) is 0 Å². The number of benzene rings is 1. The number of rotatable bonds is 3. The number of hydrogen-bond acceptors (Lipinski definition) is 1. The molecule has 0 unspecified atom stereocenters. The first-order valence-corrected chi connectivity index (χ1v) is 5.92. The first kappa shape index (κ1) is 11.2. The van der Waals surface area contributed by atoms with Gasteiger partial charge in [-0.25, -0.2) is 0 Å². The van der Waals surface area contributed by atoms with Crippen molar-refractivity contribution >= 4 is 27.9 Å². The van der Waals surface area contributed by atoms with Gasteiger partial charge in [0.15, 0.2) is 0 Å². The second-order valence-electron chi connectivity index (χ2n) is 3.77. The molecule has 1 heterocycles. The summed E-state index contributed by atoms with van der Waals surface area (Å²) >= 11 is 5.69. The number of alkyl halides is 1. The Morgan fingerprint density at radius 3 is 2.94 bits per heavy atom. The van der Waals surface area contributed by atoms with Crippen molar-refractivity contribution < 1.29 is 0 Å². The summed E-state index contributed by atoms with van der Waals surface area (Å²) in [6, 6.07) is 8.30. The molecule has 0 bridgehead atoms. The summed E-state index contributed by atoms with van der Waals surface area (Å²) in [6.07, 6.45) is 6.88. The normalized spacial score (nSPS) is 12.0. The number of halogens is 1. The molecular formula is C14H14ClN. The van der Waals surface area contributed by atoms with Crippen LogP contribution in [0.15, 0.2) is 42.7 Å². The second-order valence-corrected chi connectivity index (χ2v) is 4.15. The van der Waals surface area contributed by atoms with Crippen LogP contribution in [-0.4, -0.2) is 10.9 Å². The third-order valence-corrected chi connectivity index (χ3v) is 2.87. The van der Waals surface area contributed by atoms with Crippen molar-refractivity contribution in [2.45, 2.75) is 13.3 Å². The lowest BCUT2D eigenvalue weighted by molar-refractivity contribution is 1.23. The number of pyridine rings is 1. The van der Waals surface area contributed by atoms with Crippen LogP contribution in [0.5, 0.6) is 0 Å². The average Bonchev–Trinajstić information content (AvgIpc) is 2.35. The fourth-order valence-corrected chi connectivity index (χ4v) is 1.92. The minimum absolute atomic E-state index is 0.662. The average molecular weight is 232 g/mol. The zero-order valence-corrected chi connectivity index (χ0v) is 10.0. The summed E-state index contributed by atoms with van der Waals surface area (Å²) in [5, 5.41) is 2.43. The van der Waals surface area contributed by atoms with E-state index in [0.717, 1.165) is 6.42 Å². The van der Waals surface area contributed by atoms with Crippen LogP contribution in [0.1, 0.15) is 18.9 Å². The fraction of sp³-hybridized carbons (Fsp3) is 0.214. The van der Waals surface area contributed by atoms with E-state index in [1.54, 1.807) is 0 Å². The first-order chi connectivity index (χ1) is 7.83. The van der Waals surface area contributed by atoms with Crippen LogP contribution in [0.4, 0.5) is 0 Å². The van der Waals surface area contributed by atoms with Gasteiger partial charge in [-0.1, -0.05) is 30.3 Å².